The molecule has 0 bridgehead atoms. The molecule has 19 heavy (non-hydrogen) atoms. The van der Waals surface area contributed by atoms with Gasteiger partial charge in [0.05, 0.1) is 6.42 Å². The molecule has 0 aliphatic rings. The summed E-state index contributed by atoms with van der Waals surface area (Å²) in [5.41, 5.74) is 0.215. The molecule has 0 spiro atoms. The third kappa shape index (κ3) is 4.53. The molecule has 0 aliphatic carbocycles. The number of hydrogen-bond acceptors (Lipinski definition) is 5. The molecule has 1 aromatic heterocycles. The molecule has 1 unspecified atom stereocenters. The highest BCUT2D eigenvalue weighted by atomic mass is 16.4. The molecule has 104 valence electrons. The average Bonchev–Trinajstić information content (AvgIpc) is 2.37. The van der Waals surface area contributed by atoms with Gasteiger partial charge in [-0.1, -0.05) is 13.8 Å². The summed E-state index contributed by atoms with van der Waals surface area (Å²) >= 11 is 0. The van der Waals surface area contributed by atoms with Gasteiger partial charge < -0.3 is 15.7 Å². The number of nitrogens with one attached hydrogen (secondary N) is 2. The van der Waals surface area contributed by atoms with E-state index in [0.29, 0.717) is 5.82 Å². The Labute approximate surface area is 111 Å². The summed E-state index contributed by atoms with van der Waals surface area (Å²) in [4.78, 5) is 22.0. The van der Waals surface area contributed by atoms with Gasteiger partial charge in [0.2, 0.25) is 0 Å². The summed E-state index contributed by atoms with van der Waals surface area (Å²) < 4.78 is 0. The van der Waals surface area contributed by atoms with Gasteiger partial charge in [-0.2, -0.15) is 0 Å². The van der Waals surface area contributed by atoms with Crippen molar-refractivity contribution in [2.24, 2.45) is 5.92 Å². The van der Waals surface area contributed by atoms with Crippen LogP contribution in [0.5, 0.6) is 0 Å². The molecular formula is C12H18N4O3. The molecule has 0 saturated carbocycles. The third-order valence-corrected chi connectivity index (χ3v) is 2.66. The first-order valence-electron chi connectivity index (χ1n) is 5.98. The Morgan fingerprint density at radius 3 is 2.42 bits per heavy atom. The number of carboxylic acids is 1. The monoisotopic (exact) mass is 266 g/mol. The second kappa shape index (κ2) is 6.67. The topological polar surface area (TPSA) is 104 Å². The van der Waals surface area contributed by atoms with Gasteiger partial charge in [-0.3, -0.25) is 9.59 Å². The summed E-state index contributed by atoms with van der Waals surface area (Å²) in [7, 11) is 1.51. The number of carbonyl (C=O) groups excluding carboxylic acids is 1. The van der Waals surface area contributed by atoms with Gasteiger partial charge in [0, 0.05) is 13.1 Å². The molecule has 0 aromatic carbocycles. The number of amides is 1. The molecule has 1 atom stereocenters. The van der Waals surface area contributed by atoms with Crippen LogP contribution in [0.2, 0.25) is 0 Å². The molecule has 7 heteroatoms. The van der Waals surface area contributed by atoms with E-state index in [4.69, 9.17) is 5.11 Å². The number of rotatable bonds is 6. The van der Waals surface area contributed by atoms with Crippen LogP contribution in [0.1, 0.15) is 30.8 Å². The maximum absolute atomic E-state index is 11.3. The first-order chi connectivity index (χ1) is 8.93. The minimum atomic E-state index is -0.874. The van der Waals surface area contributed by atoms with Gasteiger partial charge in [-0.15, -0.1) is 10.2 Å². The predicted octanol–water partition coefficient (Wildman–Crippen LogP) is 0.747. The lowest BCUT2D eigenvalue weighted by Gasteiger charge is -2.20. The first kappa shape index (κ1) is 14.9. The smallest absolute Gasteiger partial charge is 0.305 e. The van der Waals surface area contributed by atoms with Gasteiger partial charge in [0.15, 0.2) is 5.69 Å². The Balaban J connectivity index is 2.74. The Morgan fingerprint density at radius 1 is 1.32 bits per heavy atom. The molecule has 1 aromatic rings. The van der Waals surface area contributed by atoms with Crippen molar-refractivity contribution < 1.29 is 14.7 Å². The summed E-state index contributed by atoms with van der Waals surface area (Å²) in [6.45, 7) is 3.85. The second-order valence-corrected chi connectivity index (χ2v) is 4.48. The largest absolute Gasteiger partial charge is 0.481 e. The minimum absolute atomic E-state index is 0.00343. The van der Waals surface area contributed by atoms with Crippen LogP contribution in [0.3, 0.4) is 0 Å². The zero-order valence-corrected chi connectivity index (χ0v) is 11.2. The molecular weight excluding hydrogens is 248 g/mol. The summed E-state index contributed by atoms with van der Waals surface area (Å²) in [5.74, 6) is -0.602. The van der Waals surface area contributed by atoms with Crippen LogP contribution in [-0.2, 0) is 4.79 Å². The van der Waals surface area contributed by atoms with E-state index in [1.165, 1.54) is 13.1 Å². The zero-order valence-electron chi connectivity index (χ0n) is 11.2. The molecule has 0 saturated heterocycles. The van der Waals surface area contributed by atoms with Crippen molar-refractivity contribution in [3.63, 3.8) is 0 Å². The fraction of sp³-hybridized carbons (Fsp3) is 0.500. The number of anilines is 1. The van der Waals surface area contributed by atoms with Crippen molar-refractivity contribution in [2.75, 3.05) is 12.4 Å². The molecule has 1 rings (SSSR count). The number of carbonyl (C=O) groups is 2. The van der Waals surface area contributed by atoms with Crippen LogP contribution >= 0.6 is 0 Å². The minimum Gasteiger partial charge on any atom is -0.481 e. The molecule has 7 nitrogen and oxygen atoms in total. The molecule has 3 N–H and O–H groups in total. The van der Waals surface area contributed by atoms with Gasteiger partial charge in [-0.25, -0.2) is 0 Å². The van der Waals surface area contributed by atoms with Crippen molar-refractivity contribution in [3.8, 4) is 0 Å². The van der Waals surface area contributed by atoms with E-state index < -0.39 is 5.97 Å². The molecule has 1 heterocycles. The SMILES string of the molecule is CNC(=O)c1ccc(NC(CC(=O)O)C(C)C)nn1. The third-order valence-electron chi connectivity index (χ3n) is 2.66. The van der Waals surface area contributed by atoms with Crippen LogP contribution < -0.4 is 10.6 Å². The Bertz CT molecular complexity index is 445. The van der Waals surface area contributed by atoms with E-state index in [1.807, 2.05) is 13.8 Å². The lowest BCUT2D eigenvalue weighted by molar-refractivity contribution is -0.137. The van der Waals surface area contributed by atoms with E-state index >= 15 is 0 Å². The normalized spacial score (nSPS) is 12.0. The maximum atomic E-state index is 11.3. The van der Waals surface area contributed by atoms with Crippen LogP contribution in [0.25, 0.3) is 0 Å². The standard InChI is InChI=1S/C12H18N4O3/c1-7(2)9(6-11(17)18)14-10-5-4-8(15-16-10)12(19)13-3/h4-5,7,9H,6H2,1-3H3,(H,13,19)(H,14,16)(H,17,18). The quantitative estimate of drug-likeness (QED) is 0.701. The van der Waals surface area contributed by atoms with E-state index in [1.54, 1.807) is 6.07 Å². The highest BCUT2D eigenvalue weighted by Gasteiger charge is 2.17. The predicted molar refractivity (Wildman–Crippen MR) is 69.9 cm³/mol. The van der Waals surface area contributed by atoms with E-state index in [2.05, 4.69) is 20.8 Å². The highest BCUT2D eigenvalue weighted by molar-refractivity contribution is 5.91. The lowest BCUT2D eigenvalue weighted by atomic mass is 10.0. The van der Waals surface area contributed by atoms with Crippen LogP contribution in [0, 0.1) is 5.92 Å². The molecule has 0 fully saturated rings. The van der Waals surface area contributed by atoms with E-state index in [-0.39, 0.29) is 30.0 Å². The van der Waals surface area contributed by atoms with Crippen molar-refractivity contribution >= 4 is 17.7 Å². The number of aliphatic carboxylic acids is 1. The number of carboxylic acid groups (broad SMARTS) is 1. The van der Waals surface area contributed by atoms with Gasteiger partial charge >= 0.3 is 5.97 Å². The first-order valence-corrected chi connectivity index (χ1v) is 5.98. The van der Waals surface area contributed by atoms with E-state index in [9.17, 15) is 9.59 Å². The summed E-state index contributed by atoms with van der Waals surface area (Å²) in [6.07, 6.45) is -0.00343. The fourth-order valence-electron chi connectivity index (χ4n) is 1.49. The van der Waals surface area contributed by atoms with Crippen molar-refractivity contribution in [1.29, 1.82) is 0 Å². The number of aromatic nitrogens is 2. The number of hydrogen-bond donors (Lipinski definition) is 3. The van der Waals surface area contributed by atoms with E-state index in [0.717, 1.165) is 0 Å². The van der Waals surface area contributed by atoms with Crippen molar-refractivity contribution in [3.05, 3.63) is 17.8 Å². The van der Waals surface area contributed by atoms with Crippen LogP contribution in [0.15, 0.2) is 12.1 Å². The Morgan fingerprint density at radius 2 is 2.00 bits per heavy atom. The van der Waals surface area contributed by atoms with Gasteiger partial charge in [-0.05, 0) is 18.1 Å². The lowest BCUT2D eigenvalue weighted by Crippen LogP contribution is -2.29. The highest BCUT2D eigenvalue weighted by Crippen LogP contribution is 2.13. The fourth-order valence-corrected chi connectivity index (χ4v) is 1.49. The molecule has 0 radical (unpaired) electrons. The van der Waals surface area contributed by atoms with Crippen molar-refractivity contribution in [2.45, 2.75) is 26.3 Å². The van der Waals surface area contributed by atoms with Crippen molar-refractivity contribution in [1.82, 2.24) is 15.5 Å². The Hall–Kier alpha value is -2.18. The summed E-state index contributed by atoms with van der Waals surface area (Å²) in [5, 5.41) is 21.9. The number of nitrogens with zero attached hydrogens (tertiary/aromatic N) is 2. The summed E-state index contributed by atoms with van der Waals surface area (Å²) in [6, 6.07) is 2.90. The molecule has 1 amide bonds. The van der Waals surface area contributed by atoms with Crippen LogP contribution in [-0.4, -0.2) is 40.3 Å². The maximum Gasteiger partial charge on any atom is 0.305 e. The van der Waals surface area contributed by atoms with Gasteiger partial charge in [0.25, 0.3) is 5.91 Å². The zero-order chi connectivity index (χ0) is 14.4. The second-order valence-electron chi connectivity index (χ2n) is 4.48. The van der Waals surface area contributed by atoms with Crippen LogP contribution in [0.4, 0.5) is 5.82 Å². The van der Waals surface area contributed by atoms with Gasteiger partial charge in [0.1, 0.15) is 5.82 Å². The Kier molecular flexibility index (Phi) is 5.23. The average molecular weight is 266 g/mol. The molecule has 0 aliphatic heterocycles.